The number of amides is 3. The van der Waals surface area contributed by atoms with E-state index in [-0.39, 0.29) is 25.2 Å². The summed E-state index contributed by atoms with van der Waals surface area (Å²) in [5.41, 5.74) is 0.0200. The molecule has 44 heavy (non-hydrogen) atoms. The number of aromatic nitrogens is 1. The Labute approximate surface area is 260 Å². The van der Waals surface area contributed by atoms with Crippen LogP contribution in [0.25, 0.3) is 0 Å². The summed E-state index contributed by atoms with van der Waals surface area (Å²) in [5, 5.41) is 20.5. The molecule has 0 spiro atoms. The molecule has 0 saturated carbocycles. The van der Waals surface area contributed by atoms with Crippen molar-refractivity contribution in [2.24, 2.45) is 5.92 Å². The summed E-state index contributed by atoms with van der Waals surface area (Å²) in [6, 6.07) is 21.4. The van der Waals surface area contributed by atoms with Crippen LogP contribution in [0.15, 0.2) is 85.2 Å². The predicted molar refractivity (Wildman–Crippen MR) is 170 cm³/mol. The highest BCUT2D eigenvalue weighted by molar-refractivity contribution is 6.01. The summed E-state index contributed by atoms with van der Waals surface area (Å²) in [7, 11) is 0. The summed E-state index contributed by atoms with van der Waals surface area (Å²) in [4.78, 5) is 43.9. The molecule has 0 bridgehead atoms. The average Bonchev–Trinajstić information content (AvgIpc) is 2.96. The maximum Gasteiger partial charge on any atom is 0.407 e. The molecule has 0 aliphatic heterocycles. The van der Waals surface area contributed by atoms with Crippen molar-refractivity contribution in [3.05, 3.63) is 102 Å². The van der Waals surface area contributed by atoms with Crippen molar-refractivity contribution < 1.29 is 24.2 Å². The van der Waals surface area contributed by atoms with Crippen LogP contribution in [0.3, 0.4) is 0 Å². The Hall–Kier alpha value is -4.08. The zero-order valence-electron chi connectivity index (χ0n) is 26.4. The van der Waals surface area contributed by atoms with Gasteiger partial charge in [0.2, 0.25) is 5.91 Å². The summed E-state index contributed by atoms with van der Waals surface area (Å²) in [5.74, 6) is -1.43. The molecular formula is C35H46N4O5. The smallest absolute Gasteiger partial charge is 0.407 e. The van der Waals surface area contributed by atoms with Gasteiger partial charge in [0.15, 0.2) is 0 Å². The molecule has 3 aromatic rings. The van der Waals surface area contributed by atoms with Crippen LogP contribution in [0.4, 0.5) is 4.79 Å². The normalized spacial score (nSPS) is 14.2. The van der Waals surface area contributed by atoms with Crippen LogP contribution in [0.5, 0.6) is 0 Å². The number of alkyl carbamates (subject to hydrolysis) is 1. The Kier molecular flexibility index (Phi) is 12.6. The molecule has 1 aromatic heterocycles. The molecule has 0 fully saturated rings. The molecule has 236 valence electrons. The van der Waals surface area contributed by atoms with Crippen molar-refractivity contribution in [3.63, 3.8) is 0 Å². The minimum atomic E-state index is -1.92. The Balaban J connectivity index is 1.79. The molecule has 3 atom stereocenters. The van der Waals surface area contributed by atoms with Gasteiger partial charge in [-0.15, -0.1) is 0 Å². The third kappa shape index (κ3) is 11.5. The second-order valence-corrected chi connectivity index (χ2v) is 12.5. The van der Waals surface area contributed by atoms with Gasteiger partial charge in [0, 0.05) is 31.4 Å². The number of rotatable bonds is 14. The second-order valence-electron chi connectivity index (χ2n) is 12.5. The molecule has 0 radical (unpaired) electrons. The molecule has 0 aliphatic carbocycles. The maximum atomic E-state index is 13.7. The lowest BCUT2D eigenvalue weighted by Gasteiger charge is -2.31. The highest BCUT2D eigenvalue weighted by atomic mass is 16.6. The zero-order chi connectivity index (χ0) is 32.2. The minimum absolute atomic E-state index is 0.00704. The SMILES string of the molecule is CC(C)[C@@H](NCc1cccnc1)C(=O)NC(=O)C(O)(CC[C@@H](Cc1ccccc1)NC(=O)OC(C)(C)C)Cc1ccccc1. The van der Waals surface area contributed by atoms with Crippen molar-refractivity contribution in [1.82, 2.24) is 20.9 Å². The lowest BCUT2D eigenvalue weighted by atomic mass is 9.86. The summed E-state index contributed by atoms with van der Waals surface area (Å²) < 4.78 is 5.49. The van der Waals surface area contributed by atoms with Gasteiger partial charge < -0.3 is 20.5 Å². The highest BCUT2D eigenvalue weighted by Crippen LogP contribution is 2.23. The molecule has 3 rings (SSSR count). The Morgan fingerprint density at radius 3 is 2.07 bits per heavy atom. The van der Waals surface area contributed by atoms with E-state index >= 15 is 0 Å². The first-order chi connectivity index (χ1) is 20.8. The summed E-state index contributed by atoms with van der Waals surface area (Å²) in [6.07, 6.45) is 3.52. The van der Waals surface area contributed by atoms with E-state index < -0.39 is 41.2 Å². The van der Waals surface area contributed by atoms with Gasteiger partial charge in [0.1, 0.15) is 11.2 Å². The van der Waals surface area contributed by atoms with Crippen molar-refractivity contribution in [3.8, 4) is 0 Å². The van der Waals surface area contributed by atoms with Gasteiger partial charge in [-0.25, -0.2) is 4.79 Å². The maximum absolute atomic E-state index is 13.7. The van der Waals surface area contributed by atoms with E-state index in [1.54, 1.807) is 33.2 Å². The fraction of sp³-hybridized carbons (Fsp3) is 0.429. The first kappa shape index (κ1) is 34.4. The van der Waals surface area contributed by atoms with Crippen LogP contribution < -0.4 is 16.0 Å². The Morgan fingerprint density at radius 1 is 0.886 bits per heavy atom. The monoisotopic (exact) mass is 602 g/mol. The fourth-order valence-corrected chi connectivity index (χ4v) is 4.89. The molecule has 9 nitrogen and oxygen atoms in total. The van der Waals surface area contributed by atoms with Gasteiger partial charge in [-0.2, -0.15) is 0 Å². The molecule has 9 heteroatoms. The molecule has 3 amide bonds. The second kappa shape index (κ2) is 16.1. The topological polar surface area (TPSA) is 130 Å². The van der Waals surface area contributed by atoms with E-state index in [0.717, 1.165) is 16.7 Å². The molecule has 0 aliphatic rings. The molecule has 1 unspecified atom stereocenters. The summed E-state index contributed by atoms with van der Waals surface area (Å²) >= 11 is 0. The number of nitrogens with one attached hydrogen (secondary N) is 3. The number of hydrogen-bond donors (Lipinski definition) is 4. The Bertz CT molecular complexity index is 1330. The van der Waals surface area contributed by atoms with Crippen LogP contribution in [0.2, 0.25) is 0 Å². The number of pyridine rings is 1. The van der Waals surface area contributed by atoms with Crippen molar-refractivity contribution in [1.29, 1.82) is 0 Å². The van der Waals surface area contributed by atoms with E-state index in [4.69, 9.17) is 4.74 Å². The first-order valence-corrected chi connectivity index (χ1v) is 15.1. The van der Waals surface area contributed by atoms with E-state index in [1.165, 1.54) is 0 Å². The molecular weight excluding hydrogens is 556 g/mol. The van der Waals surface area contributed by atoms with E-state index in [0.29, 0.717) is 13.0 Å². The largest absolute Gasteiger partial charge is 0.444 e. The van der Waals surface area contributed by atoms with Gasteiger partial charge in [-0.3, -0.25) is 19.9 Å². The molecule has 0 saturated heterocycles. The predicted octanol–water partition coefficient (Wildman–Crippen LogP) is 4.73. The number of benzene rings is 2. The molecule has 1 heterocycles. The van der Waals surface area contributed by atoms with Gasteiger partial charge in [0.25, 0.3) is 5.91 Å². The van der Waals surface area contributed by atoms with Crippen LogP contribution in [-0.2, 0) is 33.7 Å². The number of aliphatic hydroxyl groups is 1. The van der Waals surface area contributed by atoms with Crippen LogP contribution >= 0.6 is 0 Å². The van der Waals surface area contributed by atoms with E-state index in [1.807, 2.05) is 86.6 Å². The number of imide groups is 1. The van der Waals surface area contributed by atoms with Crippen LogP contribution in [0.1, 0.15) is 64.2 Å². The lowest BCUT2D eigenvalue weighted by molar-refractivity contribution is -0.145. The number of nitrogens with zero attached hydrogens (tertiary/aromatic N) is 1. The third-order valence-corrected chi connectivity index (χ3v) is 7.15. The quantitative estimate of drug-likeness (QED) is 0.210. The van der Waals surface area contributed by atoms with Crippen LogP contribution in [-0.4, -0.2) is 51.3 Å². The highest BCUT2D eigenvalue weighted by Gasteiger charge is 2.39. The van der Waals surface area contributed by atoms with Gasteiger partial charge in [0.05, 0.1) is 6.04 Å². The van der Waals surface area contributed by atoms with Gasteiger partial charge in [-0.05, 0) is 68.7 Å². The standard InChI is InChI=1S/C35H46N4O5/c1-25(2)30(37-24-28-17-12-20-36-23-28)31(40)39-32(41)35(43,22-27-15-10-7-11-16-27)19-18-29(21-26-13-8-6-9-14-26)38-33(42)44-34(3,4)5/h6-17,20,23,25,29-30,37,43H,18-19,21-22,24H2,1-5H3,(H,38,42)(H,39,40,41)/t29-,30+,35?/m0/s1. The van der Waals surface area contributed by atoms with E-state index in [2.05, 4.69) is 20.9 Å². The molecule has 2 aromatic carbocycles. The average molecular weight is 603 g/mol. The number of carbonyl (C=O) groups excluding carboxylic acids is 3. The summed E-state index contributed by atoms with van der Waals surface area (Å²) in [6.45, 7) is 9.53. The van der Waals surface area contributed by atoms with E-state index in [9.17, 15) is 19.5 Å². The van der Waals surface area contributed by atoms with Crippen molar-refractivity contribution in [2.75, 3.05) is 0 Å². The molecule has 4 N–H and O–H groups in total. The number of ether oxygens (including phenoxy) is 1. The number of carbonyl (C=O) groups is 3. The van der Waals surface area contributed by atoms with Gasteiger partial charge >= 0.3 is 6.09 Å². The third-order valence-electron chi connectivity index (χ3n) is 7.15. The first-order valence-electron chi connectivity index (χ1n) is 15.1. The zero-order valence-corrected chi connectivity index (χ0v) is 26.4. The Morgan fingerprint density at radius 2 is 1.50 bits per heavy atom. The van der Waals surface area contributed by atoms with Crippen molar-refractivity contribution >= 4 is 17.9 Å². The minimum Gasteiger partial charge on any atom is -0.444 e. The lowest BCUT2D eigenvalue weighted by Crippen LogP contribution is -2.56. The van der Waals surface area contributed by atoms with Gasteiger partial charge in [-0.1, -0.05) is 80.6 Å². The van der Waals surface area contributed by atoms with Crippen LogP contribution in [0, 0.1) is 5.92 Å². The number of hydrogen-bond acceptors (Lipinski definition) is 7. The van der Waals surface area contributed by atoms with Crippen molar-refractivity contribution in [2.45, 2.75) is 90.1 Å². The fourth-order valence-electron chi connectivity index (χ4n) is 4.89.